The quantitative estimate of drug-likeness (QED) is 0.292. The van der Waals surface area contributed by atoms with Gasteiger partial charge in [-0.1, -0.05) is 6.42 Å². The van der Waals surface area contributed by atoms with Gasteiger partial charge < -0.3 is 9.84 Å². The average molecular weight is 231 g/mol. The van der Waals surface area contributed by atoms with Crippen LogP contribution in [-0.4, -0.2) is 54.9 Å². The molecule has 1 rings (SSSR count). The summed E-state index contributed by atoms with van der Waals surface area (Å²) in [5.41, 5.74) is 2.15. The molecule has 1 saturated carbocycles. The van der Waals surface area contributed by atoms with Crippen LogP contribution >= 0.6 is 0 Å². The summed E-state index contributed by atoms with van der Waals surface area (Å²) in [5, 5.41) is 9.03. The predicted molar refractivity (Wildman–Crippen MR) is 59.4 cm³/mol. The molecule has 94 valence electrons. The van der Waals surface area contributed by atoms with E-state index < -0.39 is 6.04 Å². The summed E-state index contributed by atoms with van der Waals surface area (Å²) in [6, 6.07) is -0.0444. The van der Waals surface area contributed by atoms with Crippen LogP contribution in [0.2, 0.25) is 0 Å². The Bertz CT molecular complexity index is 221. The zero-order valence-corrected chi connectivity index (χ0v) is 9.69. The number of carbonyl (C=O) groups excluding carboxylic acids is 1. The van der Waals surface area contributed by atoms with E-state index in [1.54, 1.807) is 7.11 Å². The van der Waals surface area contributed by atoms with Crippen molar-refractivity contribution in [2.24, 2.45) is 5.84 Å². The summed E-state index contributed by atoms with van der Waals surface area (Å²) < 4.78 is 5.03. The zero-order chi connectivity index (χ0) is 12.0. The van der Waals surface area contributed by atoms with E-state index in [1.807, 2.05) is 4.90 Å². The van der Waals surface area contributed by atoms with Crippen LogP contribution in [0.4, 0.5) is 0 Å². The highest BCUT2D eigenvalue weighted by Gasteiger charge is 2.33. The lowest BCUT2D eigenvalue weighted by Crippen LogP contribution is -2.57. The van der Waals surface area contributed by atoms with Crippen LogP contribution < -0.4 is 11.3 Å². The number of aliphatic hydroxyl groups excluding tert-OH is 1. The largest absolute Gasteiger partial charge is 0.395 e. The highest BCUT2D eigenvalue weighted by molar-refractivity contribution is 5.81. The van der Waals surface area contributed by atoms with Crippen LogP contribution in [0.25, 0.3) is 0 Å². The van der Waals surface area contributed by atoms with Crippen LogP contribution in [0.15, 0.2) is 0 Å². The molecule has 0 aromatic carbocycles. The van der Waals surface area contributed by atoms with Gasteiger partial charge in [0.1, 0.15) is 6.04 Å². The van der Waals surface area contributed by atoms with Crippen LogP contribution in [0.3, 0.4) is 0 Å². The number of carbonyl (C=O) groups is 1. The Labute approximate surface area is 95.7 Å². The Kier molecular flexibility index (Phi) is 5.68. The number of nitrogens with two attached hydrogens (primary N) is 1. The third-order valence-electron chi connectivity index (χ3n) is 3.07. The van der Waals surface area contributed by atoms with Gasteiger partial charge in [-0.15, -0.1) is 0 Å². The first kappa shape index (κ1) is 13.4. The Morgan fingerprint density at radius 3 is 2.75 bits per heavy atom. The molecular formula is C10H21N3O3. The molecule has 0 heterocycles. The summed E-state index contributed by atoms with van der Waals surface area (Å²) in [4.78, 5) is 13.6. The van der Waals surface area contributed by atoms with Gasteiger partial charge in [-0.05, 0) is 12.8 Å². The lowest BCUT2D eigenvalue weighted by Gasteiger charge is -2.41. The Hall–Kier alpha value is -0.690. The maximum Gasteiger partial charge on any atom is 0.253 e. The first-order chi connectivity index (χ1) is 7.74. The molecular weight excluding hydrogens is 210 g/mol. The van der Waals surface area contributed by atoms with Crippen LogP contribution in [0.1, 0.15) is 19.3 Å². The number of rotatable bonds is 7. The van der Waals surface area contributed by atoms with E-state index in [9.17, 15) is 4.79 Å². The molecule has 6 nitrogen and oxygen atoms in total. The van der Waals surface area contributed by atoms with E-state index in [1.165, 1.54) is 6.42 Å². The van der Waals surface area contributed by atoms with Gasteiger partial charge in [-0.3, -0.25) is 15.1 Å². The number of methoxy groups -OCH3 is 1. The van der Waals surface area contributed by atoms with E-state index in [0.29, 0.717) is 19.2 Å². The van der Waals surface area contributed by atoms with Crippen molar-refractivity contribution in [2.75, 3.05) is 26.9 Å². The minimum Gasteiger partial charge on any atom is -0.395 e. The third kappa shape index (κ3) is 3.15. The summed E-state index contributed by atoms with van der Waals surface area (Å²) >= 11 is 0. The molecule has 1 fully saturated rings. The van der Waals surface area contributed by atoms with E-state index in [-0.39, 0.29) is 12.5 Å². The number of nitrogens with one attached hydrogen (secondary N) is 1. The second-order valence-corrected chi connectivity index (χ2v) is 4.03. The number of aliphatic hydroxyl groups is 1. The van der Waals surface area contributed by atoms with Gasteiger partial charge >= 0.3 is 0 Å². The smallest absolute Gasteiger partial charge is 0.253 e. The van der Waals surface area contributed by atoms with Gasteiger partial charge in [-0.25, -0.2) is 5.84 Å². The molecule has 1 aliphatic carbocycles. The normalized spacial score (nSPS) is 18.2. The van der Waals surface area contributed by atoms with E-state index in [4.69, 9.17) is 15.7 Å². The van der Waals surface area contributed by atoms with Gasteiger partial charge in [0.15, 0.2) is 0 Å². The van der Waals surface area contributed by atoms with Gasteiger partial charge in [0.2, 0.25) is 0 Å². The van der Waals surface area contributed by atoms with Crippen molar-refractivity contribution >= 4 is 5.91 Å². The molecule has 0 radical (unpaired) electrons. The topological polar surface area (TPSA) is 87.8 Å². The molecule has 0 aliphatic heterocycles. The second-order valence-electron chi connectivity index (χ2n) is 4.03. The fraction of sp³-hybridized carbons (Fsp3) is 0.900. The monoisotopic (exact) mass is 231 g/mol. The molecule has 0 saturated heterocycles. The second kappa shape index (κ2) is 6.80. The fourth-order valence-corrected chi connectivity index (χ4v) is 2.00. The number of hydrogen-bond donors (Lipinski definition) is 3. The zero-order valence-electron chi connectivity index (χ0n) is 9.69. The average Bonchev–Trinajstić information content (AvgIpc) is 2.22. The minimum absolute atomic E-state index is 0.0363. The Balaban J connectivity index is 2.64. The number of hydrazine groups is 1. The summed E-state index contributed by atoms with van der Waals surface area (Å²) in [7, 11) is 1.55. The predicted octanol–water partition coefficient (Wildman–Crippen LogP) is -1.16. The first-order valence-electron chi connectivity index (χ1n) is 5.60. The Morgan fingerprint density at radius 2 is 2.38 bits per heavy atom. The molecule has 4 N–H and O–H groups in total. The van der Waals surface area contributed by atoms with Crippen molar-refractivity contribution in [3.05, 3.63) is 0 Å². The molecule has 1 aliphatic rings. The number of hydrogen-bond acceptors (Lipinski definition) is 5. The molecule has 1 unspecified atom stereocenters. The lowest BCUT2D eigenvalue weighted by molar-refractivity contribution is -0.131. The lowest BCUT2D eigenvalue weighted by atomic mass is 9.90. The van der Waals surface area contributed by atoms with Crippen LogP contribution in [0.5, 0.6) is 0 Å². The summed E-state index contributed by atoms with van der Waals surface area (Å²) in [6.45, 7) is 0.806. The van der Waals surface area contributed by atoms with Crippen molar-refractivity contribution < 1.29 is 14.6 Å². The maximum absolute atomic E-state index is 11.6. The van der Waals surface area contributed by atoms with Crippen LogP contribution in [0, 0.1) is 0 Å². The molecule has 0 bridgehead atoms. The van der Waals surface area contributed by atoms with Crippen molar-refractivity contribution in [2.45, 2.75) is 31.3 Å². The molecule has 0 aromatic rings. The van der Waals surface area contributed by atoms with Crippen molar-refractivity contribution in [3.63, 3.8) is 0 Å². The SMILES string of the molecule is COCC(C(=O)NN)N(CCO)C1CCC1. The third-order valence-corrected chi connectivity index (χ3v) is 3.07. The van der Waals surface area contributed by atoms with Crippen LogP contribution in [-0.2, 0) is 9.53 Å². The first-order valence-corrected chi connectivity index (χ1v) is 5.60. The minimum atomic E-state index is -0.410. The fourth-order valence-electron chi connectivity index (χ4n) is 2.00. The molecule has 0 spiro atoms. The van der Waals surface area contributed by atoms with Crippen molar-refractivity contribution in [1.29, 1.82) is 0 Å². The number of ether oxygens (including phenoxy) is 1. The van der Waals surface area contributed by atoms with E-state index in [0.717, 1.165) is 12.8 Å². The highest BCUT2D eigenvalue weighted by Crippen LogP contribution is 2.26. The van der Waals surface area contributed by atoms with Gasteiger partial charge in [0.05, 0.1) is 13.2 Å². The van der Waals surface area contributed by atoms with Gasteiger partial charge in [0.25, 0.3) is 5.91 Å². The number of nitrogens with zero attached hydrogens (tertiary/aromatic N) is 1. The molecule has 1 amide bonds. The molecule has 0 aromatic heterocycles. The van der Waals surface area contributed by atoms with Crippen molar-refractivity contribution in [3.8, 4) is 0 Å². The van der Waals surface area contributed by atoms with E-state index in [2.05, 4.69) is 5.43 Å². The Morgan fingerprint density at radius 1 is 1.69 bits per heavy atom. The highest BCUT2D eigenvalue weighted by atomic mass is 16.5. The molecule has 6 heteroatoms. The summed E-state index contributed by atoms with van der Waals surface area (Å²) in [5.74, 6) is 4.89. The van der Waals surface area contributed by atoms with Crippen molar-refractivity contribution in [1.82, 2.24) is 10.3 Å². The number of amides is 1. The van der Waals surface area contributed by atoms with Gasteiger partial charge in [-0.2, -0.15) is 0 Å². The maximum atomic E-state index is 11.6. The van der Waals surface area contributed by atoms with E-state index >= 15 is 0 Å². The summed E-state index contributed by atoms with van der Waals surface area (Å²) in [6.07, 6.45) is 3.31. The van der Waals surface area contributed by atoms with Gasteiger partial charge in [0, 0.05) is 19.7 Å². The standard InChI is InChI=1S/C10H21N3O3/c1-16-7-9(10(15)12-11)13(5-6-14)8-3-2-4-8/h8-9,14H,2-7,11H2,1H3,(H,12,15). The molecule has 1 atom stereocenters. The molecule has 16 heavy (non-hydrogen) atoms.